The SMILES string of the molecule is CC(C)CCNC(=O)NC(C(=O)O)C1CC1. The van der Waals surface area contributed by atoms with Crippen LogP contribution in [0.1, 0.15) is 33.1 Å². The summed E-state index contributed by atoms with van der Waals surface area (Å²) >= 11 is 0. The largest absolute Gasteiger partial charge is 0.480 e. The van der Waals surface area contributed by atoms with Crippen molar-refractivity contribution in [2.75, 3.05) is 6.54 Å². The van der Waals surface area contributed by atoms with E-state index in [-0.39, 0.29) is 11.9 Å². The summed E-state index contributed by atoms with van der Waals surface area (Å²) < 4.78 is 0. The average Bonchev–Trinajstić information content (AvgIpc) is 2.96. The van der Waals surface area contributed by atoms with Crippen LogP contribution in [0.5, 0.6) is 0 Å². The Balaban J connectivity index is 2.23. The van der Waals surface area contributed by atoms with Crippen LogP contribution in [-0.4, -0.2) is 29.7 Å². The van der Waals surface area contributed by atoms with Crippen molar-refractivity contribution in [1.29, 1.82) is 0 Å². The summed E-state index contributed by atoms with van der Waals surface area (Å²) in [6, 6.07) is -1.10. The smallest absolute Gasteiger partial charge is 0.326 e. The van der Waals surface area contributed by atoms with Crippen molar-refractivity contribution in [2.24, 2.45) is 11.8 Å². The minimum Gasteiger partial charge on any atom is -0.480 e. The summed E-state index contributed by atoms with van der Waals surface area (Å²) in [5.41, 5.74) is 0. The van der Waals surface area contributed by atoms with Gasteiger partial charge in [-0.25, -0.2) is 9.59 Å². The maximum absolute atomic E-state index is 11.4. The molecule has 0 aliphatic heterocycles. The first-order valence-corrected chi connectivity index (χ1v) is 5.78. The molecule has 0 saturated heterocycles. The zero-order valence-electron chi connectivity index (χ0n) is 9.82. The molecule has 92 valence electrons. The second-order valence-corrected chi connectivity index (χ2v) is 4.74. The average molecular weight is 228 g/mol. The lowest BCUT2D eigenvalue weighted by atomic mass is 10.1. The highest BCUT2D eigenvalue weighted by Gasteiger charge is 2.37. The summed E-state index contributed by atoms with van der Waals surface area (Å²) in [6.07, 6.45) is 2.68. The van der Waals surface area contributed by atoms with Crippen LogP contribution in [0.3, 0.4) is 0 Å². The van der Waals surface area contributed by atoms with Gasteiger partial charge >= 0.3 is 12.0 Å². The highest BCUT2D eigenvalue weighted by molar-refractivity contribution is 5.83. The van der Waals surface area contributed by atoms with E-state index in [0.717, 1.165) is 19.3 Å². The van der Waals surface area contributed by atoms with Gasteiger partial charge in [0.25, 0.3) is 0 Å². The van der Waals surface area contributed by atoms with E-state index in [1.165, 1.54) is 0 Å². The number of aliphatic carboxylic acids is 1. The molecule has 0 aromatic rings. The number of nitrogens with one attached hydrogen (secondary N) is 2. The van der Waals surface area contributed by atoms with Gasteiger partial charge in [0, 0.05) is 6.54 Å². The number of hydrogen-bond acceptors (Lipinski definition) is 2. The molecule has 0 aromatic heterocycles. The molecule has 1 unspecified atom stereocenters. The zero-order chi connectivity index (χ0) is 12.1. The number of carboxylic acids is 1. The number of carbonyl (C=O) groups excluding carboxylic acids is 1. The molecule has 1 saturated carbocycles. The van der Waals surface area contributed by atoms with Crippen LogP contribution in [0, 0.1) is 11.8 Å². The molecule has 5 heteroatoms. The van der Waals surface area contributed by atoms with Gasteiger partial charge in [0.15, 0.2) is 0 Å². The summed E-state index contributed by atoms with van der Waals surface area (Å²) in [6.45, 7) is 4.73. The second-order valence-electron chi connectivity index (χ2n) is 4.74. The molecule has 3 N–H and O–H groups in total. The Morgan fingerprint density at radius 2 is 2.00 bits per heavy atom. The standard InChI is InChI=1S/C11H20N2O3/c1-7(2)5-6-12-11(16)13-9(10(14)15)8-3-4-8/h7-9H,3-6H2,1-2H3,(H,14,15)(H2,12,13,16). The minimum atomic E-state index is -0.943. The molecule has 1 rings (SSSR count). The van der Waals surface area contributed by atoms with E-state index in [0.29, 0.717) is 12.5 Å². The molecule has 0 radical (unpaired) electrons. The first-order valence-electron chi connectivity index (χ1n) is 5.78. The Bertz CT molecular complexity index is 262. The summed E-state index contributed by atoms with van der Waals surface area (Å²) in [5, 5.41) is 14.1. The van der Waals surface area contributed by atoms with Gasteiger partial charge in [0.05, 0.1) is 0 Å². The Morgan fingerprint density at radius 1 is 1.38 bits per heavy atom. The van der Waals surface area contributed by atoms with Gasteiger partial charge in [0.1, 0.15) is 6.04 Å². The topological polar surface area (TPSA) is 78.4 Å². The molecular weight excluding hydrogens is 208 g/mol. The van der Waals surface area contributed by atoms with Crippen LogP contribution >= 0.6 is 0 Å². The molecule has 0 heterocycles. The van der Waals surface area contributed by atoms with Crippen molar-refractivity contribution in [3.05, 3.63) is 0 Å². The van der Waals surface area contributed by atoms with E-state index in [1.807, 2.05) is 0 Å². The molecule has 1 aliphatic rings. The highest BCUT2D eigenvalue weighted by atomic mass is 16.4. The lowest BCUT2D eigenvalue weighted by molar-refractivity contribution is -0.139. The van der Waals surface area contributed by atoms with Crippen LogP contribution < -0.4 is 10.6 Å². The predicted molar refractivity (Wildman–Crippen MR) is 60.1 cm³/mol. The van der Waals surface area contributed by atoms with Crippen LogP contribution in [-0.2, 0) is 4.79 Å². The van der Waals surface area contributed by atoms with Crippen molar-refractivity contribution < 1.29 is 14.7 Å². The number of rotatable bonds is 6. The molecule has 5 nitrogen and oxygen atoms in total. The molecule has 1 atom stereocenters. The minimum absolute atomic E-state index is 0.119. The fraction of sp³-hybridized carbons (Fsp3) is 0.818. The Morgan fingerprint density at radius 3 is 2.44 bits per heavy atom. The van der Waals surface area contributed by atoms with Crippen molar-refractivity contribution in [1.82, 2.24) is 10.6 Å². The van der Waals surface area contributed by atoms with Gasteiger partial charge in [-0.3, -0.25) is 0 Å². The second kappa shape index (κ2) is 5.72. The van der Waals surface area contributed by atoms with Crippen molar-refractivity contribution in [3.63, 3.8) is 0 Å². The van der Waals surface area contributed by atoms with Crippen molar-refractivity contribution in [3.8, 4) is 0 Å². The lowest BCUT2D eigenvalue weighted by Crippen LogP contribution is -2.47. The number of carbonyl (C=O) groups is 2. The third kappa shape index (κ3) is 4.51. The zero-order valence-corrected chi connectivity index (χ0v) is 9.82. The van der Waals surface area contributed by atoms with Gasteiger partial charge in [0.2, 0.25) is 0 Å². The normalized spacial score (nSPS) is 16.9. The van der Waals surface area contributed by atoms with E-state index in [4.69, 9.17) is 5.11 Å². The third-order valence-corrected chi connectivity index (χ3v) is 2.65. The molecular formula is C11H20N2O3. The number of amides is 2. The van der Waals surface area contributed by atoms with Gasteiger partial charge < -0.3 is 15.7 Å². The first-order chi connectivity index (χ1) is 7.50. The Labute approximate surface area is 95.6 Å². The van der Waals surface area contributed by atoms with E-state index in [2.05, 4.69) is 24.5 Å². The van der Waals surface area contributed by atoms with Crippen LogP contribution in [0.15, 0.2) is 0 Å². The molecule has 0 aromatic carbocycles. The molecule has 16 heavy (non-hydrogen) atoms. The summed E-state index contributed by atoms with van der Waals surface area (Å²) in [7, 11) is 0. The Kier molecular flexibility index (Phi) is 4.58. The number of carboxylic acid groups (broad SMARTS) is 1. The third-order valence-electron chi connectivity index (χ3n) is 2.65. The summed E-state index contributed by atoms with van der Waals surface area (Å²) in [5.74, 6) is -0.297. The maximum atomic E-state index is 11.4. The lowest BCUT2D eigenvalue weighted by Gasteiger charge is -2.14. The molecule has 1 fully saturated rings. The van der Waals surface area contributed by atoms with Crippen LogP contribution in [0.2, 0.25) is 0 Å². The summed E-state index contributed by atoms with van der Waals surface area (Å²) in [4.78, 5) is 22.2. The van der Waals surface area contributed by atoms with Crippen molar-refractivity contribution >= 4 is 12.0 Å². The fourth-order valence-electron chi connectivity index (χ4n) is 1.48. The molecule has 0 bridgehead atoms. The molecule has 2 amide bonds. The molecule has 0 spiro atoms. The highest BCUT2D eigenvalue weighted by Crippen LogP contribution is 2.32. The molecule has 1 aliphatic carbocycles. The van der Waals surface area contributed by atoms with E-state index in [9.17, 15) is 9.59 Å². The predicted octanol–water partition coefficient (Wildman–Crippen LogP) is 1.19. The van der Waals surface area contributed by atoms with Gasteiger partial charge in [-0.2, -0.15) is 0 Å². The number of urea groups is 1. The van der Waals surface area contributed by atoms with E-state index in [1.54, 1.807) is 0 Å². The van der Waals surface area contributed by atoms with Gasteiger partial charge in [-0.1, -0.05) is 13.8 Å². The number of hydrogen-bond donors (Lipinski definition) is 3. The van der Waals surface area contributed by atoms with Gasteiger partial charge in [-0.15, -0.1) is 0 Å². The van der Waals surface area contributed by atoms with Crippen LogP contribution in [0.25, 0.3) is 0 Å². The van der Waals surface area contributed by atoms with Crippen molar-refractivity contribution in [2.45, 2.75) is 39.2 Å². The van der Waals surface area contributed by atoms with Crippen LogP contribution in [0.4, 0.5) is 4.79 Å². The van der Waals surface area contributed by atoms with E-state index < -0.39 is 12.0 Å². The quantitative estimate of drug-likeness (QED) is 0.639. The monoisotopic (exact) mass is 228 g/mol. The Hall–Kier alpha value is -1.26. The van der Waals surface area contributed by atoms with Gasteiger partial charge in [-0.05, 0) is 31.1 Å². The van der Waals surface area contributed by atoms with E-state index >= 15 is 0 Å². The maximum Gasteiger partial charge on any atom is 0.326 e. The first kappa shape index (κ1) is 12.8. The fourth-order valence-corrected chi connectivity index (χ4v) is 1.48.